The molecule has 7 heteroatoms. The van der Waals surface area contributed by atoms with Crippen molar-refractivity contribution in [2.45, 2.75) is 4.90 Å². The number of nitrogens with zero attached hydrogens (tertiary/aromatic N) is 2. The molecule has 0 saturated carbocycles. The lowest BCUT2D eigenvalue weighted by atomic mass is 10.4. The number of halogens is 1. The number of aromatic nitrogens is 2. The summed E-state index contributed by atoms with van der Waals surface area (Å²) < 4.78 is 27.8. The molecular weight excluding hydrogens is 344 g/mol. The third-order valence-electron chi connectivity index (χ3n) is 2.93. The first-order valence-electron chi connectivity index (χ1n) is 5.72. The lowest BCUT2D eigenvalue weighted by molar-refractivity contribution is -0.885. The van der Waals surface area contributed by atoms with Crippen LogP contribution in [0.4, 0.5) is 0 Å². The number of rotatable bonds is 2. The second-order valence-electron chi connectivity index (χ2n) is 4.20. The molecule has 0 aliphatic rings. The zero-order valence-electron chi connectivity index (χ0n) is 10.1. The van der Waals surface area contributed by atoms with Gasteiger partial charge in [-0.15, -0.1) is 0 Å². The number of benzene rings is 1. The normalized spacial score (nSPS) is 11.8. The second-order valence-corrected chi connectivity index (χ2v) is 6.93. The van der Waals surface area contributed by atoms with Gasteiger partial charge < -0.3 is 0 Å². The maximum Gasteiger partial charge on any atom is 0.283 e. The average molecular weight is 354 g/mol. The fourth-order valence-electron chi connectivity index (χ4n) is 2.02. The molecule has 2 aromatic heterocycles. The van der Waals surface area contributed by atoms with Crippen LogP contribution in [0.3, 0.4) is 0 Å². The fourth-order valence-corrected chi connectivity index (χ4v) is 3.78. The molecule has 1 N–H and O–H groups in total. The predicted molar refractivity (Wildman–Crippen MR) is 76.0 cm³/mol. The molecule has 0 unspecified atom stereocenters. The van der Waals surface area contributed by atoms with E-state index in [1.165, 1.54) is 24.5 Å². The Hall–Kier alpha value is -1.86. The summed E-state index contributed by atoms with van der Waals surface area (Å²) in [5.41, 5.74) is 0.804. The highest BCUT2D eigenvalue weighted by Gasteiger charge is 2.23. The fraction of sp³-hybridized carbons (Fsp3) is 0. The monoisotopic (exact) mass is 353 g/mol. The molecule has 0 aliphatic carbocycles. The lowest BCUT2D eigenvalue weighted by Crippen LogP contribution is -2.30. The molecule has 0 aliphatic heterocycles. The summed E-state index contributed by atoms with van der Waals surface area (Å²) in [6.07, 6.45) is 2.87. The molecule has 0 bridgehead atoms. The van der Waals surface area contributed by atoms with Gasteiger partial charge >= 0.3 is 0 Å². The molecule has 20 heavy (non-hydrogen) atoms. The Morgan fingerprint density at radius 2 is 1.85 bits per heavy atom. The van der Waals surface area contributed by atoms with Crippen molar-refractivity contribution in [2.24, 2.45) is 0 Å². The zero-order valence-corrected chi connectivity index (χ0v) is 12.5. The molecule has 0 amide bonds. The van der Waals surface area contributed by atoms with Crippen molar-refractivity contribution < 1.29 is 18.4 Å². The molecule has 3 rings (SSSR count). The van der Waals surface area contributed by atoms with Gasteiger partial charge in [-0.3, -0.25) is 5.21 Å². The van der Waals surface area contributed by atoms with Gasteiger partial charge in [0.1, 0.15) is 5.52 Å². The maximum atomic E-state index is 12.6. The van der Waals surface area contributed by atoms with Crippen LogP contribution in [0.2, 0.25) is 0 Å². The Bertz CT molecular complexity index is 889. The molecule has 102 valence electrons. The van der Waals surface area contributed by atoms with Crippen molar-refractivity contribution in [3.8, 4) is 0 Å². The standard InChI is InChI=1S/C13H10BrN2O3S/c14-10-8-13-12(15(17)9-10)6-7-16(13)20(18,19)11-4-2-1-3-5-11/h1-9,17H/q+1. The van der Waals surface area contributed by atoms with E-state index in [1.807, 2.05) is 0 Å². The SMILES string of the molecule is O=S(=O)(c1ccccc1)n1ccc2c1cc(Br)c[n+]2O. The first-order valence-corrected chi connectivity index (χ1v) is 7.95. The molecule has 2 heterocycles. The Balaban J connectivity index is 2.31. The van der Waals surface area contributed by atoms with E-state index in [1.54, 1.807) is 30.3 Å². The van der Waals surface area contributed by atoms with E-state index in [-0.39, 0.29) is 4.90 Å². The van der Waals surface area contributed by atoms with E-state index in [0.717, 1.165) is 8.70 Å². The largest absolute Gasteiger partial charge is 0.284 e. The summed E-state index contributed by atoms with van der Waals surface area (Å²) in [7, 11) is -3.68. The van der Waals surface area contributed by atoms with Crippen LogP contribution in [0.1, 0.15) is 0 Å². The van der Waals surface area contributed by atoms with Crippen LogP contribution in [0.5, 0.6) is 0 Å². The number of fused-ring (bicyclic) bond motifs is 1. The molecule has 0 saturated heterocycles. The Labute approximate surface area is 123 Å². The summed E-state index contributed by atoms with van der Waals surface area (Å²) in [6, 6.07) is 11.3. The van der Waals surface area contributed by atoms with Crippen molar-refractivity contribution >= 4 is 37.0 Å². The summed E-state index contributed by atoms with van der Waals surface area (Å²) in [6.45, 7) is 0. The van der Waals surface area contributed by atoms with E-state index in [4.69, 9.17) is 0 Å². The van der Waals surface area contributed by atoms with Gasteiger partial charge in [-0.05, 0) is 34.1 Å². The summed E-state index contributed by atoms with van der Waals surface area (Å²) in [5, 5.41) is 9.78. The first-order chi connectivity index (χ1) is 9.50. The van der Waals surface area contributed by atoms with Gasteiger partial charge in [-0.2, -0.15) is 0 Å². The third kappa shape index (κ3) is 1.99. The molecule has 0 radical (unpaired) electrons. The molecule has 3 aromatic rings. The highest BCUT2D eigenvalue weighted by atomic mass is 79.9. The van der Waals surface area contributed by atoms with Crippen molar-refractivity contribution in [3.63, 3.8) is 0 Å². The average Bonchev–Trinajstić information content (AvgIpc) is 2.84. The van der Waals surface area contributed by atoms with Gasteiger partial charge in [0, 0.05) is 17.0 Å². The molecular formula is C13H10BrN2O3S+. The van der Waals surface area contributed by atoms with Crippen LogP contribution in [-0.4, -0.2) is 17.6 Å². The molecule has 5 nitrogen and oxygen atoms in total. The smallest absolute Gasteiger partial charge is 0.283 e. The summed E-state index contributed by atoms with van der Waals surface area (Å²) >= 11 is 3.24. The van der Waals surface area contributed by atoms with Crippen molar-refractivity contribution in [2.75, 3.05) is 0 Å². The van der Waals surface area contributed by atoms with E-state index in [0.29, 0.717) is 15.5 Å². The molecule has 0 atom stereocenters. The highest BCUT2D eigenvalue weighted by Crippen LogP contribution is 2.22. The molecule has 1 aromatic carbocycles. The van der Waals surface area contributed by atoms with Crippen molar-refractivity contribution in [3.05, 3.63) is 59.3 Å². The van der Waals surface area contributed by atoms with E-state index in [2.05, 4.69) is 15.9 Å². The van der Waals surface area contributed by atoms with E-state index < -0.39 is 10.0 Å². The minimum Gasteiger partial charge on any atom is -0.284 e. The minimum atomic E-state index is -3.68. The summed E-state index contributed by atoms with van der Waals surface area (Å²) in [5.74, 6) is 0. The topological polar surface area (TPSA) is 63.2 Å². The Kier molecular flexibility index (Phi) is 3.02. The molecule has 0 spiro atoms. The third-order valence-corrected chi connectivity index (χ3v) is 5.07. The van der Waals surface area contributed by atoms with Crippen LogP contribution < -0.4 is 4.73 Å². The first kappa shape index (κ1) is 13.1. The van der Waals surface area contributed by atoms with Crippen LogP contribution in [0, 0.1) is 0 Å². The molecule has 0 fully saturated rings. The van der Waals surface area contributed by atoms with Gasteiger partial charge in [0.25, 0.3) is 15.5 Å². The maximum absolute atomic E-state index is 12.6. The van der Waals surface area contributed by atoms with Crippen molar-refractivity contribution in [1.29, 1.82) is 0 Å². The van der Waals surface area contributed by atoms with Gasteiger partial charge in [0.05, 0.1) is 9.37 Å². The van der Waals surface area contributed by atoms with Gasteiger partial charge in [0.2, 0.25) is 6.20 Å². The number of pyridine rings is 1. The van der Waals surface area contributed by atoms with Gasteiger partial charge in [-0.25, -0.2) is 12.4 Å². The summed E-state index contributed by atoms with van der Waals surface area (Å²) in [4.78, 5) is 0.196. The quantitative estimate of drug-likeness (QED) is 0.567. The van der Waals surface area contributed by atoms with E-state index >= 15 is 0 Å². The Morgan fingerprint density at radius 1 is 1.15 bits per heavy atom. The van der Waals surface area contributed by atoms with Gasteiger partial charge in [-0.1, -0.05) is 18.2 Å². The van der Waals surface area contributed by atoms with Crippen LogP contribution in [0.25, 0.3) is 11.0 Å². The highest BCUT2D eigenvalue weighted by molar-refractivity contribution is 9.10. The van der Waals surface area contributed by atoms with Gasteiger partial charge in [0.15, 0.2) is 0 Å². The van der Waals surface area contributed by atoms with Crippen LogP contribution in [-0.2, 0) is 10.0 Å². The van der Waals surface area contributed by atoms with E-state index in [9.17, 15) is 13.6 Å². The zero-order chi connectivity index (χ0) is 14.3. The second kappa shape index (κ2) is 4.60. The minimum absolute atomic E-state index is 0.196. The van der Waals surface area contributed by atoms with Crippen LogP contribution in [0.15, 0.2) is 64.2 Å². The van der Waals surface area contributed by atoms with Crippen LogP contribution >= 0.6 is 15.9 Å². The predicted octanol–water partition coefficient (Wildman–Crippen LogP) is 2.17. The van der Waals surface area contributed by atoms with Crippen molar-refractivity contribution in [1.82, 2.24) is 3.97 Å². The number of hydrogen-bond acceptors (Lipinski definition) is 3. The Morgan fingerprint density at radius 3 is 2.55 bits per heavy atom. The number of hydrogen-bond donors (Lipinski definition) is 1. The lowest BCUT2D eigenvalue weighted by Gasteiger charge is -2.06.